The summed E-state index contributed by atoms with van der Waals surface area (Å²) in [6, 6.07) is 14.0. The second-order valence-electron chi connectivity index (χ2n) is 5.77. The van der Waals surface area contributed by atoms with E-state index in [-0.39, 0.29) is 31.4 Å². The van der Waals surface area contributed by atoms with Crippen LogP contribution in [-0.4, -0.2) is 18.5 Å². The summed E-state index contributed by atoms with van der Waals surface area (Å²) in [6.45, 7) is 2.74. The van der Waals surface area contributed by atoms with Gasteiger partial charge in [0.1, 0.15) is 6.61 Å². The van der Waals surface area contributed by atoms with Crippen LogP contribution in [0.2, 0.25) is 0 Å². The summed E-state index contributed by atoms with van der Waals surface area (Å²) in [7, 11) is 0. The fourth-order valence-corrected chi connectivity index (χ4v) is 2.38. The highest BCUT2D eigenvalue weighted by Gasteiger charge is 2.09. The van der Waals surface area contributed by atoms with E-state index in [1.54, 1.807) is 0 Å². The van der Waals surface area contributed by atoms with E-state index in [9.17, 15) is 9.59 Å². The Balaban J connectivity index is 1.69. The van der Waals surface area contributed by atoms with Gasteiger partial charge in [-0.25, -0.2) is 0 Å². The number of carbonyl (C=O) groups excluding carboxylic acids is 2. The van der Waals surface area contributed by atoms with Gasteiger partial charge in [0.05, 0.1) is 19.4 Å². The SMILES string of the molecule is CCCCCOC(=O)CCC(=O)OCc1ccc2ccccc2c1. The van der Waals surface area contributed by atoms with Gasteiger partial charge in [-0.1, -0.05) is 56.2 Å². The number of rotatable bonds is 9. The first-order valence-corrected chi connectivity index (χ1v) is 8.48. The molecule has 0 N–H and O–H groups in total. The minimum atomic E-state index is -0.381. The number of carbonyl (C=O) groups is 2. The summed E-state index contributed by atoms with van der Waals surface area (Å²) in [6.07, 6.45) is 3.12. The Morgan fingerprint density at radius 1 is 0.875 bits per heavy atom. The lowest BCUT2D eigenvalue weighted by atomic mass is 10.1. The van der Waals surface area contributed by atoms with Crippen LogP contribution < -0.4 is 0 Å². The van der Waals surface area contributed by atoms with Crippen molar-refractivity contribution in [2.45, 2.75) is 45.6 Å². The van der Waals surface area contributed by atoms with Gasteiger partial charge in [0.2, 0.25) is 0 Å². The van der Waals surface area contributed by atoms with Crippen LogP contribution in [0.3, 0.4) is 0 Å². The topological polar surface area (TPSA) is 52.6 Å². The molecular weight excluding hydrogens is 304 g/mol. The van der Waals surface area contributed by atoms with Gasteiger partial charge in [0.15, 0.2) is 0 Å². The van der Waals surface area contributed by atoms with Crippen LogP contribution >= 0.6 is 0 Å². The van der Waals surface area contributed by atoms with Crippen molar-refractivity contribution in [3.63, 3.8) is 0 Å². The number of hydrogen-bond acceptors (Lipinski definition) is 4. The standard InChI is InChI=1S/C20H24O4/c1-2-3-6-13-23-19(21)11-12-20(22)24-15-16-9-10-17-7-4-5-8-18(17)14-16/h4-5,7-10,14H,2-3,6,11-13,15H2,1H3. The van der Waals surface area contributed by atoms with Gasteiger partial charge in [0, 0.05) is 0 Å². The molecule has 128 valence electrons. The van der Waals surface area contributed by atoms with Crippen molar-refractivity contribution in [1.82, 2.24) is 0 Å². The normalized spacial score (nSPS) is 10.5. The molecule has 0 bridgehead atoms. The summed E-state index contributed by atoms with van der Waals surface area (Å²) in [5.74, 6) is -0.720. The minimum absolute atomic E-state index is 0.0557. The third-order valence-corrected chi connectivity index (χ3v) is 3.76. The Morgan fingerprint density at radius 2 is 1.58 bits per heavy atom. The molecule has 0 radical (unpaired) electrons. The lowest BCUT2D eigenvalue weighted by molar-refractivity contribution is -0.151. The van der Waals surface area contributed by atoms with Crippen LogP contribution in [0.4, 0.5) is 0 Å². The van der Waals surface area contributed by atoms with Crippen LogP contribution in [0.1, 0.15) is 44.6 Å². The Labute approximate surface area is 142 Å². The Kier molecular flexibility index (Phi) is 7.27. The summed E-state index contributed by atoms with van der Waals surface area (Å²) in [4.78, 5) is 23.2. The van der Waals surface area contributed by atoms with Crippen LogP contribution in [-0.2, 0) is 25.7 Å². The smallest absolute Gasteiger partial charge is 0.306 e. The second-order valence-corrected chi connectivity index (χ2v) is 5.77. The van der Waals surface area contributed by atoms with Crippen LogP contribution in [0, 0.1) is 0 Å². The van der Waals surface area contributed by atoms with Crippen molar-refractivity contribution < 1.29 is 19.1 Å². The predicted octanol–water partition coefficient (Wildman–Crippen LogP) is 4.40. The van der Waals surface area contributed by atoms with Crippen molar-refractivity contribution in [3.05, 3.63) is 48.0 Å². The maximum Gasteiger partial charge on any atom is 0.306 e. The lowest BCUT2D eigenvalue weighted by Crippen LogP contribution is -2.11. The van der Waals surface area contributed by atoms with Gasteiger partial charge in [-0.3, -0.25) is 9.59 Å². The van der Waals surface area contributed by atoms with Crippen LogP contribution in [0.15, 0.2) is 42.5 Å². The molecule has 4 nitrogen and oxygen atoms in total. The van der Waals surface area contributed by atoms with Crippen LogP contribution in [0.25, 0.3) is 10.8 Å². The molecule has 0 aromatic heterocycles. The molecule has 0 saturated heterocycles. The Hall–Kier alpha value is -2.36. The highest BCUT2D eigenvalue weighted by Crippen LogP contribution is 2.16. The number of benzene rings is 2. The summed E-state index contributed by atoms with van der Waals surface area (Å²) in [5.41, 5.74) is 0.934. The zero-order valence-corrected chi connectivity index (χ0v) is 14.1. The first-order chi connectivity index (χ1) is 11.7. The average molecular weight is 328 g/mol. The molecule has 0 aliphatic rings. The van der Waals surface area contributed by atoms with Crippen molar-refractivity contribution in [3.8, 4) is 0 Å². The molecule has 0 atom stereocenters. The van der Waals surface area contributed by atoms with Crippen LogP contribution in [0.5, 0.6) is 0 Å². The fraction of sp³-hybridized carbons (Fsp3) is 0.400. The van der Waals surface area contributed by atoms with E-state index >= 15 is 0 Å². The number of unbranched alkanes of at least 4 members (excludes halogenated alkanes) is 2. The van der Waals surface area contributed by atoms with E-state index < -0.39 is 0 Å². The van der Waals surface area contributed by atoms with Gasteiger partial charge >= 0.3 is 11.9 Å². The van der Waals surface area contributed by atoms with Crippen molar-refractivity contribution >= 4 is 22.7 Å². The van der Waals surface area contributed by atoms with E-state index in [0.717, 1.165) is 35.6 Å². The molecule has 2 aromatic carbocycles. The van der Waals surface area contributed by atoms with E-state index in [1.807, 2.05) is 42.5 Å². The number of hydrogen-bond donors (Lipinski definition) is 0. The maximum absolute atomic E-state index is 11.7. The monoisotopic (exact) mass is 328 g/mol. The van der Waals surface area contributed by atoms with Gasteiger partial charge in [-0.05, 0) is 28.8 Å². The lowest BCUT2D eigenvalue weighted by Gasteiger charge is -2.07. The molecular formula is C20H24O4. The van der Waals surface area contributed by atoms with E-state index in [2.05, 4.69) is 6.92 Å². The molecule has 0 fully saturated rings. The summed E-state index contributed by atoms with van der Waals surface area (Å²) in [5, 5.41) is 2.26. The first-order valence-electron chi connectivity index (χ1n) is 8.48. The van der Waals surface area contributed by atoms with Crippen molar-refractivity contribution in [2.75, 3.05) is 6.61 Å². The van der Waals surface area contributed by atoms with Gasteiger partial charge in [0.25, 0.3) is 0 Å². The third-order valence-electron chi connectivity index (χ3n) is 3.76. The predicted molar refractivity (Wildman–Crippen MR) is 93.5 cm³/mol. The molecule has 0 amide bonds. The number of esters is 2. The van der Waals surface area contributed by atoms with Gasteiger partial charge < -0.3 is 9.47 Å². The molecule has 2 aromatic rings. The molecule has 24 heavy (non-hydrogen) atoms. The highest BCUT2D eigenvalue weighted by atomic mass is 16.5. The van der Waals surface area contributed by atoms with Gasteiger partial charge in [-0.2, -0.15) is 0 Å². The molecule has 4 heteroatoms. The molecule has 0 heterocycles. The highest BCUT2D eigenvalue weighted by molar-refractivity contribution is 5.83. The minimum Gasteiger partial charge on any atom is -0.466 e. The van der Waals surface area contributed by atoms with Gasteiger partial charge in [-0.15, -0.1) is 0 Å². The summed E-state index contributed by atoms with van der Waals surface area (Å²) >= 11 is 0. The number of ether oxygens (including phenoxy) is 2. The quantitative estimate of drug-likeness (QED) is 0.506. The zero-order chi connectivity index (χ0) is 17.2. The van der Waals surface area contributed by atoms with E-state index in [1.165, 1.54) is 0 Å². The molecule has 0 aliphatic heterocycles. The van der Waals surface area contributed by atoms with E-state index in [0.29, 0.717) is 6.61 Å². The molecule has 2 rings (SSSR count). The third kappa shape index (κ3) is 6.03. The van der Waals surface area contributed by atoms with Crippen molar-refractivity contribution in [1.29, 1.82) is 0 Å². The van der Waals surface area contributed by atoms with Crippen molar-refractivity contribution in [2.24, 2.45) is 0 Å². The summed E-state index contributed by atoms with van der Waals surface area (Å²) < 4.78 is 10.3. The second kappa shape index (κ2) is 9.71. The molecule has 0 aliphatic carbocycles. The average Bonchev–Trinajstić information content (AvgIpc) is 2.61. The largest absolute Gasteiger partial charge is 0.466 e. The van der Waals surface area contributed by atoms with E-state index in [4.69, 9.17) is 9.47 Å². The fourth-order valence-electron chi connectivity index (χ4n) is 2.38. The first kappa shape index (κ1) is 18.0. The molecule has 0 saturated carbocycles. The Bertz CT molecular complexity index is 678. The molecule has 0 spiro atoms. The zero-order valence-electron chi connectivity index (χ0n) is 14.1. The number of fused-ring (bicyclic) bond motifs is 1. The maximum atomic E-state index is 11.7. The Morgan fingerprint density at radius 3 is 2.33 bits per heavy atom. The molecule has 0 unspecified atom stereocenters.